The van der Waals surface area contributed by atoms with Crippen molar-refractivity contribution in [1.82, 2.24) is 34.3 Å². The molecular weight excluding hydrogens is 464 g/mol. The van der Waals surface area contributed by atoms with Crippen LogP contribution in [0.15, 0.2) is 67.1 Å². The Morgan fingerprint density at radius 3 is 2.51 bits per heavy atom. The van der Waals surface area contributed by atoms with Crippen LogP contribution in [-0.2, 0) is 13.5 Å². The molecule has 0 aliphatic carbocycles. The summed E-state index contributed by atoms with van der Waals surface area (Å²) in [5.74, 6) is -1.24. The fourth-order valence-corrected chi connectivity index (χ4v) is 3.73. The molecule has 0 amide bonds. The highest BCUT2D eigenvalue weighted by Crippen LogP contribution is 2.37. The number of hydrogen-bond donors (Lipinski definition) is 1. The number of alkyl halides is 3. The van der Waals surface area contributed by atoms with Crippen molar-refractivity contribution in [1.29, 1.82) is 0 Å². The van der Waals surface area contributed by atoms with Gasteiger partial charge in [-0.1, -0.05) is 12.1 Å². The van der Waals surface area contributed by atoms with Crippen LogP contribution in [0.2, 0.25) is 0 Å². The SMILES string of the molecule is Cn1nccc1Nc1nccc(-c2ccn3c(CC(c4ccc(F)cc4)C(F)(F)F)nnc3c2)n1. The van der Waals surface area contributed by atoms with E-state index < -0.39 is 24.3 Å². The molecule has 1 atom stereocenters. The lowest BCUT2D eigenvalue weighted by molar-refractivity contribution is -0.150. The van der Waals surface area contributed by atoms with Crippen LogP contribution in [0, 0.1) is 5.82 Å². The molecule has 35 heavy (non-hydrogen) atoms. The van der Waals surface area contributed by atoms with Crippen molar-refractivity contribution >= 4 is 17.4 Å². The highest BCUT2D eigenvalue weighted by molar-refractivity contribution is 5.65. The van der Waals surface area contributed by atoms with E-state index >= 15 is 0 Å². The van der Waals surface area contributed by atoms with E-state index in [1.54, 1.807) is 54.6 Å². The van der Waals surface area contributed by atoms with E-state index in [0.29, 0.717) is 28.7 Å². The first-order valence-corrected chi connectivity index (χ1v) is 10.5. The number of rotatable bonds is 6. The molecule has 12 heteroatoms. The number of nitrogens with zero attached hydrogens (tertiary/aromatic N) is 7. The zero-order valence-electron chi connectivity index (χ0n) is 18.3. The number of fused-ring (bicyclic) bond motifs is 1. The minimum absolute atomic E-state index is 0.0401. The monoisotopic (exact) mass is 482 g/mol. The van der Waals surface area contributed by atoms with Gasteiger partial charge in [-0.2, -0.15) is 18.3 Å². The second kappa shape index (κ2) is 8.78. The number of aryl methyl sites for hydroxylation is 1. The third kappa shape index (κ3) is 4.67. The number of halogens is 4. The van der Waals surface area contributed by atoms with Gasteiger partial charge in [-0.05, 0) is 35.9 Å². The molecule has 1 unspecified atom stereocenters. The second-order valence-electron chi connectivity index (χ2n) is 7.84. The fraction of sp³-hybridized carbons (Fsp3) is 0.174. The van der Waals surface area contributed by atoms with Crippen LogP contribution in [0.25, 0.3) is 16.9 Å². The van der Waals surface area contributed by atoms with Gasteiger partial charge >= 0.3 is 6.18 Å². The predicted octanol–water partition coefficient (Wildman–Crippen LogP) is 4.69. The lowest BCUT2D eigenvalue weighted by Gasteiger charge is -2.20. The van der Waals surface area contributed by atoms with Crippen LogP contribution in [0.4, 0.5) is 29.3 Å². The molecule has 5 rings (SSSR count). The Hall–Kier alpha value is -4.35. The van der Waals surface area contributed by atoms with Crippen molar-refractivity contribution in [2.24, 2.45) is 7.05 Å². The molecule has 8 nitrogen and oxygen atoms in total. The van der Waals surface area contributed by atoms with Gasteiger partial charge in [0.05, 0.1) is 17.8 Å². The zero-order chi connectivity index (χ0) is 24.6. The van der Waals surface area contributed by atoms with Crippen LogP contribution in [0.3, 0.4) is 0 Å². The smallest absolute Gasteiger partial charge is 0.309 e. The summed E-state index contributed by atoms with van der Waals surface area (Å²) in [6, 6.07) is 11.2. The summed E-state index contributed by atoms with van der Waals surface area (Å²) in [7, 11) is 1.78. The average Bonchev–Trinajstić information content (AvgIpc) is 3.43. The number of aromatic nitrogens is 7. The molecular formula is C23H18F4N8. The Bertz CT molecular complexity index is 1470. The molecule has 178 valence electrons. The standard InChI is InChI=1S/C23H18F4N8/c1-34-19(7-10-29-34)31-22-28-9-6-18(30-22)15-8-11-35-20(12-15)32-33-21(35)13-17(23(25,26)27)14-2-4-16(24)5-3-14/h2-12,17H,13H2,1H3,(H,28,30,31). The van der Waals surface area contributed by atoms with Crippen molar-refractivity contribution < 1.29 is 17.6 Å². The van der Waals surface area contributed by atoms with Crippen LogP contribution in [-0.4, -0.2) is 40.5 Å². The molecule has 0 spiro atoms. The predicted molar refractivity (Wildman–Crippen MR) is 119 cm³/mol. The van der Waals surface area contributed by atoms with Crippen LogP contribution in [0.1, 0.15) is 17.3 Å². The largest absolute Gasteiger partial charge is 0.396 e. The molecule has 0 fully saturated rings. The summed E-state index contributed by atoms with van der Waals surface area (Å²) in [5, 5.41) is 15.2. The summed E-state index contributed by atoms with van der Waals surface area (Å²) < 4.78 is 57.8. The summed E-state index contributed by atoms with van der Waals surface area (Å²) in [5.41, 5.74) is 1.62. The molecule has 4 heterocycles. The van der Waals surface area contributed by atoms with Gasteiger partial charge in [-0.3, -0.25) is 9.08 Å². The maximum atomic E-state index is 13.8. The number of benzene rings is 1. The summed E-state index contributed by atoms with van der Waals surface area (Å²) in [4.78, 5) is 8.71. The lowest BCUT2D eigenvalue weighted by atomic mass is 9.94. The first kappa shape index (κ1) is 22.4. The van der Waals surface area contributed by atoms with E-state index in [-0.39, 0.29) is 11.4 Å². The topological polar surface area (TPSA) is 85.8 Å². The van der Waals surface area contributed by atoms with E-state index in [0.717, 1.165) is 24.3 Å². The van der Waals surface area contributed by atoms with Crippen molar-refractivity contribution in [3.8, 4) is 11.3 Å². The molecule has 0 saturated heterocycles. The van der Waals surface area contributed by atoms with E-state index in [9.17, 15) is 17.6 Å². The maximum Gasteiger partial charge on any atom is 0.396 e. The van der Waals surface area contributed by atoms with Gasteiger partial charge in [0.2, 0.25) is 5.95 Å². The molecule has 1 N–H and O–H groups in total. The Balaban J connectivity index is 1.43. The second-order valence-corrected chi connectivity index (χ2v) is 7.84. The van der Waals surface area contributed by atoms with E-state index in [1.807, 2.05) is 0 Å². The van der Waals surface area contributed by atoms with Gasteiger partial charge in [0.15, 0.2) is 5.65 Å². The van der Waals surface area contributed by atoms with Crippen molar-refractivity contribution in [2.75, 3.05) is 5.32 Å². The highest BCUT2D eigenvalue weighted by Gasteiger charge is 2.41. The zero-order valence-corrected chi connectivity index (χ0v) is 18.3. The Morgan fingerprint density at radius 2 is 1.80 bits per heavy atom. The third-order valence-corrected chi connectivity index (χ3v) is 5.55. The van der Waals surface area contributed by atoms with E-state index in [1.165, 1.54) is 4.40 Å². The van der Waals surface area contributed by atoms with Gasteiger partial charge in [0.1, 0.15) is 17.5 Å². The molecule has 1 aromatic carbocycles. The minimum Gasteiger partial charge on any atom is -0.309 e. The van der Waals surface area contributed by atoms with E-state index in [2.05, 4.69) is 30.6 Å². The quantitative estimate of drug-likeness (QED) is 0.354. The first-order valence-electron chi connectivity index (χ1n) is 10.5. The molecule has 0 aliphatic rings. The van der Waals surface area contributed by atoms with Gasteiger partial charge in [-0.15, -0.1) is 10.2 Å². The van der Waals surface area contributed by atoms with Gasteiger partial charge in [0.25, 0.3) is 0 Å². The van der Waals surface area contributed by atoms with Gasteiger partial charge in [0, 0.05) is 37.5 Å². The summed E-state index contributed by atoms with van der Waals surface area (Å²) >= 11 is 0. The lowest BCUT2D eigenvalue weighted by Crippen LogP contribution is -2.24. The number of nitrogens with one attached hydrogen (secondary N) is 1. The van der Waals surface area contributed by atoms with E-state index in [4.69, 9.17) is 0 Å². The highest BCUT2D eigenvalue weighted by atomic mass is 19.4. The molecule has 4 aromatic heterocycles. The van der Waals surface area contributed by atoms with Crippen molar-refractivity contribution in [3.05, 3.63) is 84.3 Å². The molecule has 0 saturated carbocycles. The molecule has 0 radical (unpaired) electrons. The Labute approximate surface area is 196 Å². The normalized spacial score (nSPS) is 12.7. The Morgan fingerprint density at radius 1 is 1.00 bits per heavy atom. The fourth-order valence-electron chi connectivity index (χ4n) is 3.73. The number of hydrogen-bond acceptors (Lipinski definition) is 6. The van der Waals surface area contributed by atoms with Crippen molar-refractivity contribution in [3.63, 3.8) is 0 Å². The third-order valence-electron chi connectivity index (χ3n) is 5.55. The first-order chi connectivity index (χ1) is 16.8. The van der Waals surface area contributed by atoms with Crippen LogP contribution >= 0.6 is 0 Å². The van der Waals surface area contributed by atoms with Crippen LogP contribution < -0.4 is 5.32 Å². The molecule has 5 aromatic rings. The minimum atomic E-state index is -4.54. The Kier molecular flexibility index (Phi) is 5.63. The van der Waals surface area contributed by atoms with Gasteiger partial charge < -0.3 is 5.32 Å². The summed E-state index contributed by atoms with van der Waals surface area (Å²) in [6.07, 6.45) is -0.141. The van der Waals surface area contributed by atoms with Crippen molar-refractivity contribution in [2.45, 2.75) is 18.5 Å². The summed E-state index contributed by atoms with van der Waals surface area (Å²) in [6.45, 7) is 0. The number of anilines is 2. The average molecular weight is 482 g/mol. The number of pyridine rings is 1. The van der Waals surface area contributed by atoms with Gasteiger partial charge in [-0.25, -0.2) is 14.4 Å². The maximum absolute atomic E-state index is 13.8. The van der Waals surface area contributed by atoms with Crippen LogP contribution in [0.5, 0.6) is 0 Å². The molecule has 0 bridgehead atoms. The molecule has 0 aliphatic heterocycles.